The van der Waals surface area contributed by atoms with Crippen molar-refractivity contribution in [2.24, 2.45) is 11.8 Å². The summed E-state index contributed by atoms with van der Waals surface area (Å²) in [5.41, 5.74) is 0. The van der Waals surface area contributed by atoms with E-state index < -0.39 is 0 Å². The lowest BCUT2D eigenvalue weighted by atomic mass is 9.85. The number of aromatic nitrogens is 3. The number of aliphatic hydroxyl groups excluding tert-OH is 1. The highest BCUT2D eigenvalue weighted by Gasteiger charge is 2.19. The van der Waals surface area contributed by atoms with E-state index in [0.717, 1.165) is 18.8 Å². The lowest BCUT2D eigenvalue weighted by Gasteiger charge is -2.23. The second kappa shape index (κ2) is 7.04. The van der Waals surface area contributed by atoms with Crippen molar-refractivity contribution in [1.82, 2.24) is 14.8 Å². The minimum atomic E-state index is -0.266. The molecule has 19 heavy (non-hydrogen) atoms. The molecule has 4 heteroatoms. The normalized spacial score (nSPS) is 18.9. The van der Waals surface area contributed by atoms with Gasteiger partial charge in [-0.15, -0.1) is 0 Å². The van der Waals surface area contributed by atoms with Crippen LogP contribution in [0.1, 0.15) is 58.2 Å². The van der Waals surface area contributed by atoms with Gasteiger partial charge in [0.1, 0.15) is 12.2 Å². The van der Waals surface area contributed by atoms with E-state index in [0.29, 0.717) is 18.3 Å². The van der Waals surface area contributed by atoms with Crippen LogP contribution in [0.5, 0.6) is 0 Å². The van der Waals surface area contributed by atoms with Gasteiger partial charge in [-0.3, -0.25) is 0 Å². The second-order valence-electron chi connectivity index (χ2n) is 6.35. The van der Waals surface area contributed by atoms with Gasteiger partial charge in [0.25, 0.3) is 0 Å². The molecule has 1 atom stereocenters. The van der Waals surface area contributed by atoms with E-state index in [4.69, 9.17) is 0 Å². The number of hydrogen-bond acceptors (Lipinski definition) is 3. The SMILES string of the molecule is CC(C)Cn1ncnc1CC(O)CC1CCCCC1. The summed E-state index contributed by atoms with van der Waals surface area (Å²) in [6.07, 6.45) is 9.52. The number of hydrogen-bond donors (Lipinski definition) is 1. The average Bonchev–Trinajstić information content (AvgIpc) is 2.77. The molecule has 2 rings (SSSR count). The van der Waals surface area contributed by atoms with Crippen molar-refractivity contribution < 1.29 is 5.11 Å². The predicted octanol–water partition coefficient (Wildman–Crippen LogP) is 2.81. The summed E-state index contributed by atoms with van der Waals surface area (Å²) in [4.78, 5) is 4.29. The molecular formula is C15H27N3O. The summed E-state index contributed by atoms with van der Waals surface area (Å²) in [5.74, 6) is 2.19. The maximum absolute atomic E-state index is 10.3. The van der Waals surface area contributed by atoms with Gasteiger partial charge in [-0.05, 0) is 18.3 Å². The van der Waals surface area contributed by atoms with Crippen LogP contribution in [0.15, 0.2) is 6.33 Å². The molecule has 4 nitrogen and oxygen atoms in total. The highest BCUT2D eigenvalue weighted by atomic mass is 16.3. The van der Waals surface area contributed by atoms with E-state index in [1.165, 1.54) is 32.1 Å². The first-order chi connectivity index (χ1) is 9.15. The van der Waals surface area contributed by atoms with E-state index in [2.05, 4.69) is 23.9 Å². The van der Waals surface area contributed by atoms with Crippen molar-refractivity contribution in [1.29, 1.82) is 0 Å². The van der Waals surface area contributed by atoms with E-state index >= 15 is 0 Å². The third-order valence-corrected chi connectivity index (χ3v) is 3.98. The molecule has 0 aliphatic heterocycles. The van der Waals surface area contributed by atoms with Gasteiger partial charge in [0.15, 0.2) is 0 Å². The third-order valence-electron chi connectivity index (χ3n) is 3.98. The Morgan fingerprint density at radius 1 is 1.32 bits per heavy atom. The van der Waals surface area contributed by atoms with Crippen molar-refractivity contribution in [3.8, 4) is 0 Å². The minimum Gasteiger partial charge on any atom is -0.393 e. The summed E-state index contributed by atoms with van der Waals surface area (Å²) >= 11 is 0. The van der Waals surface area contributed by atoms with Gasteiger partial charge in [-0.1, -0.05) is 46.0 Å². The standard InChI is InChI=1S/C15H27N3O/c1-12(2)10-18-15(16-11-17-18)9-14(19)8-13-6-4-3-5-7-13/h11-14,19H,3-10H2,1-2H3. The highest BCUT2D eigenvalue weighted by Crippen LogP contribution is 2.27. The molecule has 1 unspecified atom stereocenters. The molecule has 1 heterocycles. The number of aliphatic hydroxyl groups is 1. The van der Waals surface area contributed by atoms with Crippen LogP contribution in [0.4, 0.5) is 0 Å². The van der Waals surface area contributed by atoms with Gasteiger partial charge < -0.3 is 5.11 Å². The van der Waals surface area contributed by atoms with Crippen LogP contribution >= 0.6 is 0 Å². The van der Waals surface area contributed by atoms with Crippen LogP contribution in [0.25, 0.3) is 0 Å². The molecule has 0 saturated heterocycles. The predicted molar refractivity (Wildman–Crippen MR) is 75.8 cm³/mol. The molecule has 1 aliphatic rings. The molecule has 0 radical (unpaired) electrons. The zero-order chi connectivity index (χ0) is 13.7. The van der Waals surface area contributed by atoms with Gasteiger partial charge in [-0.25, -0.2) is 9.67 Å². The van der Waals surface area contributed by atoms with Crippen molar-refractivity contribution >= 4 is 0 Å². The van der Waals surface area contributed by atoms with Crippen LogP contribution < -0.4 is 0 Å². The van der Waals surface area contributed by atoms with Crippen molar-refractivity contribution in [2.45, 2.75) is 71.4 Å². The van der Waals surface area contributed by atoms with E-state index in [1.807, 2.05) is 4.68 Å². The van der Waals surface area contributed by atoms with Crippen LogP contribution in [0.3, 0.4) is 0 Å². The third kappa shape index (κ3) is 4.60. The molecule has 0 spiro atoms. The molecule has 1 aromatic heterocycles. The average molecular weight is 265 g/mol. The fourth-order valence-corrected chi connectivity index (χ4v) is 3.05. The maximum Gasteiger partial charge on any atom is 0.138 e. The monoisotopic (exact) mass is 265 g/mol. The molecule has 108 valence electrons. The van der Waals surface area contributed by atoms with Crippen LogP contribution in [-0.4, -0.2) is 26.0 Å². The molecule has 1 aliphatic carbocycles. The lowest BCUT2D eigenvalue weighted by Crippen LogP contribution is -2.21. The molecule has 1 saturated carbocycles. The highest BCUT2D eigenvalue weighted by molar-refractivity contribution is 4.88. The van der Waals surface area contributed by atoms with Crippen molar-refractivity contribution in [2.75, 3.05) is 0 Å². The molecule has 0 amide bonds. The van der Waals surface area contributed by atoms with Gasteiger partial charge in [0.2, 0.25) is 0 Å². The molecule has 1 fully saturated rings. The summed E-state index contributed by atoms with van der Waals surface area (Å²) < 4.78 is 1.94. The smallest absolute Gasteiger partial charge is 0.138 e. The van der Waals surface area contributed by atoms with Gasteiger partial charge >= 0.3 is 0 Å². The second-order valence-corrected chi connectivity index (χ2v) is 6.35. The largest absolute Gasteiger partial charge is 0.393 e. The Kier molecular flexibility index (Phi) is 5.37. The Morgan fingerprint density at radius 3 is 2.74 bits per heavy atom. The summed E-state index contributed by atoms with van der Waals surface area (Å²) in [6.45, 7) is 5.22. The van der Waals surface area contributed by atoms with Crippen molar-refractivity contribution in [3.05, 3.63) is 12.2 Å². The van der Waals surface area contributed by atoms with E-state index in [9.17, 15) is 5.11 Å². The molecule has 1 N–H and O–H groups in total. The summed E-state index contributed by atoms with van der Waals surface area (Å²) in [5, 5.41) is 14.5. The Bertz CT molecular complexity index is 369. The van der Waals surface area contributed by atoms with E-state index in [1.54, 1.807) is 6.33 Å². The van der Waals surface area contributed by atoms with Crippen LogP contribution in [0, 0.1) is 11.8 Å². The first-order valence-corrected chi connectivity index (χ1v) is 7.70. The Hall–Kier alpha value is -0.900. The molecular weight excluding hydrogens is 238 g/mol. The summed E-state index contributed by atoms with van der Waals surface area (Å²) in [7, 11) is 0. The zero-order valence-electron chi connectivity index (χ0n) is 12.3. The Labute approximate surface area is 116 Å². The van der Waals surface area contributed by atoms with Crippen molar-refractivity contribution in [3.63, 3.8) is 0 Å². The fraction of sp³-hybridized carbons (Fsp3) is 0.867. The Morgan fingerprint density at radius 2 is 2.05 bits per heavy atom. The van der Waals surface area contributed by atoms with E-state index in [-0.39, 0.29) is 6.10 Å². The molecule has 0 bridgehead atoms. The van der Waals surface area contributed by atoms with Gasteiger partial charge in [0, 0.05) is 13.0 Å². The summed E-state index contributed by atoms with van der Waals surface area (Å²) in [6, 6.07) is 0. The minimum absolute atomic E-state index is 0.266. The first-order valence-electron chi connectivity index (χ1n) is 7.70. The van der Waals surface area contributed by atoms with Gasteiger partial charge in [-0.2, -0.15) is 5.10 Å². The first kappa shape index (κ1) is 14.5. The number of rotatable bonds is 6. The molecule has 0 aromatic carbocycles. The maximum atomic E-state index is 10.3. The lowest BCUT2D eigenvalue weighted by molar-refractivity contribution is 0.127. The molecule has 1 aromatic rings. The topological polar surface area (TPSA) is 50.9 Å². The van der Waals surface area contributed by atoms with Gasteiger partial charge in [0.05, 0.1) is 6.10 Å². The fourth-order valence-electron chi connectivity index (χ4n) is 3.05. The Balaban J connectivity index is 1.84. The number of nitrogens with zero attached hydrogens (tertiary/aromatic N) is 3. The zero-order valence-corrected chi connectivity index (χ0v) is 12.3. The van der Waals surface area contributed by atoms with Crippen LogP contribution in [0.2, 0.25) is 0 Å². The van der Waals surface area contributed by atoms with Crippen LogP contribution in [-0.2, 0) is 13.0 Å². The quantitative estimate of drug-likeness (QED) is 0.860.